The highest BCUT2D eigenvalue weighted by molar-refractivity contribution is 7.09. The number of aryl methyl sites for hydroxylation is 2. The van der Waals surface area contributed by atoms with Crippen LogP contribution >= 0.6 is 11.3 Å². The maximum atomic E-state index is 11.8. The lowest BCUT2D eigenvalue weighted by Gasteiger charge is -2.13. The largest absolute Gasteiger partial charge is 0.354 e. The van der Waals surface area contributed by atoms with Crippen LogP contribution in [0.25, 0.3) is 0 Å². The molecule has 0 aliphatic carbocycles. The minimum atomic E-state index is -0.156. The molecule has 4 nitrogen and oxygen atoms in total. The second-order valence-corrected chi connectivity index (χ2v) is 6.09. The van der Waals surface area contributed by atoms with Gasteiger partial charge in [-0.3, -0.25) is 4.79 Å². The highest BCUT2D eigenvalue weighted by atomic mass is 32.1. The molecular weight excluding hydrogens is 282 g/mol. The maximum Gasteiger partial charge on any atom is 0.220 e. The van der Waals surface area contributed by atoms with Crippen molar-refractivity contribution < 1.29 is 4.79 Å². The molecule has 112 valence electrons. The predicted octanol–water partition coefficient (Wildman–Crippen LogP) is 2.59. The smallest absolute Gasteiger partial charge is 0.220 e. The lowest BCUT2D eigenvalue weighted by Crippen LogP contribution is -2.31. The first kappa shape index (κ1) is 15.7. The van der Waals surface area contributed by atoms with Crippen molar-refractivity contribution in [2.45, 2.75) is 32.2 Å². The van der Waals surface area contributed by atoms with Gasteiger partial charge < -0.3 is 11.1 Å². The van der Waals surface area contributed by atoms with Gasteiger partial charge in [-0.15, -0.1) is 11.3 Å². The van der Waals surface area contributed by atoms with Gasteiger partial charge in [0.1, 0.15) is 0 Å². The molecule has 0 saturated heterocycles. The lowest BCUT2D eigenvalue weighted by molar-refractivity contribution is -0.121. The van der Waals surface area contributed by atoms with E-state index in [4.69, 9.17) is 5.73 Å². The SMILES string of the molecule is Cc1nc(CCCC(=O)NCC(N)c2ccccc2)cs1. The van der Waals surface area contributed by atoms with Crippen molar-refractivity contribution in [2.75, 3.05) is 6.54 Å². The first-order chi connectivity index (χ1) is 10.1. The van der Waals surface area contributed by atoms with Crippen molar-refractivity contribution in [3.63, 3.8) is 0 Å². The summed E-state index contributed by atoms with van der Waals surface area (Å²) in [6, 6.07) is 9.65. The Balaban J connectivity index is 1.65. The molecule has 0 fully saturated rings. The number of hydrogen-bond donors (Lipinski definition) is 2. The predicted molar refractivity (Wildman–Crippen MR) is 86.2 cm³/mol. The van der Waals surface area contributed by atoms with Gasteiger partial charge >= 0.3 is 0 Å². The number of thiazole rings is 1. The van der Waals surface area contributed by atoms with Gasteiger partial charge in [0.15, 0.2) is 0 Å². The van der Waals surface area contributed by atoms with Crippen LogP contribution in [-0.4, -0.2) is 17.4 Å². The molecule has 0 aliphatic rings. The molecule has 0 spiro atoms. The van der Waals surface area contributed by atoms with E-state index in [0.717, 1.165) is 29.1 Å². The monoisotopic (exact) mass is 303 g/mol. The van der Waals surface area contributed by atoms with Gasteiger partial charge in [0.25, 0.3) is 0 Å². The second kappa shape index (κ2) is 7.90. The van der Waals surface area contributed by atoms with Crippen LogP contribution in [0.15, 0.2) is 35.7 Å². The van der Waals surface area contributed by atoms with Crippen LogP contribution in [0, 0.1) is 6.92 Å². The summed E-state index contributed by atoms with van der Waals surface area (Å²) in [5.74, 6) is 0.0494. The highest BCUT2D eigenvalue weighted by Gasteiger charge is 2.08. The van der Waals surface area contributed by atoms with Gasteiger partial charge in [0.2, 0.25) is 5.91 Å². The molecule has 1 aromatic heterocycles. The topological polar surface area (TPSA) is 68.0 Å². The number of amides is 1. The Morgan fingerprint density at radius 3 is 2.81 bits per heavy atom. The average molecular weight is 303 g/mol. The molecular formula is C16H21N3OS. The molecule has 0 radical (unpaired) electrons. The van der Waals surface area contributed by atoms with Crippen LogP contribution in [0.1, 0.15) is 35.1 Å². The van der Waals surface area contributed by atoms with E-state index in [2.05, 4.69) is 15.7 Å². The molecule has 3 N–H and O–H groups in total. The van der Waals surface area contributed by atoms with Gasteiger partial charge in [-0.25, -0.2) is 4.98 Å². The van der Waals surface area contributed by atoms with Gasteiger partial charge in [-0.1, -0.05) is 30.3 Å². The number of carbonyl (C=O) groups excluding carboxylic acids is 1. The second-order valence-electron chi connectivity index (χ2n) is 5.03. The Hall–Kier alpha value is -1.72. The van der Waals surface area contributed by atoms with Gasteiger partial charge in [-0.2, -0.15) is 0 Å². The molecule has 1 aromatic carbocycles. The number of aromatic nitrogens is 1. The molecule has 0 aliphatic heterocycles. The Morgan fingerprint density at radius 2 is 2.14 bits per heavy atom. The molecule has 1 heterocycles. The lowest BCUT2D eigenvalue weighted by atomic mass is 10.1. The number of hydrogen-bond acceptors (Lipinski definition) is 4. The van der Waals surface area contributed by atoms with Crippen molar-refractivity contribution in [3.8, 4) is 0 Å². The van der Waals surface area contributed by atoms with E-state index in [1.54, 1.807) is 11.3 Å². The zero-order valence-electron chi connectivity index (χ0n) is 12.2. The quantitative estimate of drug-likeness (QED) is 0.826. The minimum Gasteiger partial charge on any atom is -0.354 e. The molecule has 1 atom stereocenters. The van der Waals surface area contributed by atoms with Crippen molar-refractivity contribution in [3.05, 3.63) is 52.0 Å². The summed E-state index contributed by atoms with van der Waals surface area (Å²) in [4.78, 5) is 16.2. The van der Waals surface area contributed by atoms with Crippen LogP contribution in [0.5, 0.6) is 0 Å². The van der Waals surface area contributed by atoms with E-state index < -0.39 is 0 Å². The normalized spacial score (nSPS) is 12.1. The Morgan fingerprint density at radius 1 is 1.38 bits per heavy atom. The van der Waals surface area contributed by atoms with Crippen LogP contribution in [0.2, 0.25) is 0 Å². The average Bonchev–Trinajstić information content (AvgIpc) is 2.91. The molecule has 1 unspecified atom stereocenters. The molecule has 0 saturated carbocycles. The molecule has 2 aromatic rings. The van der Waals surface area contributed by atoms with E-state index in [0.29, 0.717) is 13.0 Å². The third-order valence-electron chi connectivity index (χ3n) is 3.25. The Labute approximate surface area is 129 Å². The Bertz CT molecular complexity index is 568. The fourth-order valence-corrected chi connectivity index (χ4v) is 2.73. The van der Waals surface area contributed by atoms with Crippen LogP contribution in [-0.2, 0) is 11.2 Å². The van der Waals surface area contributed by atoms with Crippen molar-refractivity contribution in [1.82, 2.24) is 10.3 Å². The first-order valence-electron chi connectivity index (χ1n) is 7.13. The zero-order valence-corrected chi connectivity index (χ0v) is 13.0. The van der Waals surface area contributed by atoms with Crippen molar-refractivity contribution in [1.29, 1.82) is 0 Å². The van der Waals surface area contributed by atoms with Gasteiger partial charge in [-0.05, 0) is 25.3 Å². The summed E-state index contributed by atoms with van der Waals surface area (Å²) < 4.78 is 0. The molecule has 2 rings (SSSR count). The number of nitrogens with zero attached hydrogens (tertiary/aromatic N) is 1. The minimum absolute atomic E-state index is 0.0494. The van der Waals surface area contributed by atoms with Crippen molar-refractivity contribution >= 4 is 17.2 Å². The third kappa shape index (κ3) is 5.28. The summed E-state index contributed by atoms with van der Waals surface area (Å²) in [7, 11) is 0. The number of nitrogens with one attached hydrogen (secondary N) is 1. The van der Waals surface area contributed by atoms with E-state index in [9.17, 15) is 4.79 Å². The van der Waals surface area contributed by atoms with E-state index in [1.165, 1.54) is 0 Å². The molecule has 0 bridgehead atoms. The summed E-state index contributed by atoms with van der Waals surface area (Å²) in [5, 5.41) is 6.02. The van der Waals surface area contributed by atoms with Gasteiger partial charge in [0.05, 0.1) is 10.7 Å². The van der Waals surface area contributed by atoms with Crippen LogP contribution < -0.4 is 11.1 Å². The standard InChI is InChI=1S/C16H21N3OS/c1-12-19-14(11-21-12)8-5-9-16(20)18-10-15(17)13-6-3-2-4-7-13/h2-4,6-7,11,15H,5,8-10,17H2,1H3,(H,18,20). The highest BCUT2D eigenvalue weighted by Crippen LogP contribution is 2.11. The number of benzene rings is 1. The van der Waals surface area contributed by atoms with E-state index in [1.807, 2.05) is 37.3 Å². The number of nitrogens with two attached hydrogens (primary N) is 1. The van der Waals surface area contributed by atoms with Crippen molar-refractivity contribution in [2.24, 2.45) is 5.73 Å². The maximum absolute atomic E-state index is 11.8. The fourth-order valence-electron chi connectivity index (χ4n) is 2.08. The molecule has 5 heteroatoms. The summed E-state index contributed by atoms with van der Waals surface area (Å²) in [6.45, 7) is 2.46. The number of rotatable bonds is 7. The fraction of sp³-hybridized carbons (Fsp3) is 0.375. The number of carbonyl (C=O) groups is 1. The molecule has 21 heavy (non-hydrogen) atoms. The summed E-state index contributed by atoms with van der Waals surface area (Å²) in [6.07, 6.45) is 2.18. The van der Waals surface area contributed by atoms with Crippen LogP contribution in [0.3, 0.4) is 0 Å². The third-order valence-corrected chi connectivity index (χ3v) is 4.07. The Kier molecular flexibility index (Phi) is 5.90. The first-order valence-corrected chi connectivity index (χ1v) is 8.01. The summed E-state index contributed by atoms with van der Waals surface area (Å²) in [5.41, 5.74) is 8.16. The van der Waals surface area contributed by atoms with Crippen LogP contribution in [0.4, 0.5) is 0 Å². The zero-order chi connectivity index (χ0) is 15.1. The van der Waals surface area contributed by atoms with E-state index >= 15 is 0 Å². The van der Waals surface area contributed by atoms with E-state index in [-0.39, 0.29) is 11.9 Å². The molecule has 1 amide bonds. The summed E-state index contributed by atoms with van der Waals surface area (Å²) >= 11 is 1.65. The van der Waals surface area contributed by atoms with Gasteiger partial charge in [0, 0.05) is 24.4 Å².